The molecule has 24 heavy (non-hydrogen) atoms. The molecule has 2 rings (SSSR count). The fourth-order valence-electron chi connectivity index (χ4n) is 2.45. The predicted octanol–water partition coefficient (Wildman–Crippen LogP) is 2.84. The quantitative estimate of drug-likeness (QED) is 0.593. The van der Waals surface area contributed by atoms with Gasteiger partial charge in [-0.3, -0.25) is 4.57 Å². The van der Waals surface area contributed by atoms with E-state index in [0.29, 0.717) is 13.2 Å². The summed E-state index contributed by atoms with van der Waals surface area (Å²) in [4.78, 5) is 18.4. The molecular weight excluding hydrogens is 327 g/mol. The second-order valence-corrected chi connectivity index (χ2v) is 7.69. The third-order valence-electron chi connectivity index (χ3n) is 4.06. The van der Waals surface area contributed by atoms with Crippen molar-refractivity contribution in [2.45, 2.75) is 19.3 Å². The summed E-state index contributed by atoms with van der Waals surface area (Å²) in [5.41, 5.74) is 1.77. The van der Waals surface area contributed by atoms with Crippen LogP contribution in [0.4, 0.5) is 0 Å². The van der Waals surface area contributed by atoms with E-state index in [-0.39, 0.29) is 10.7 Å². The minimum Gasteiger partial charge on any atom is -0.491 e. The van der Waals surface area contributed by atoms with Crippen molar-refractivity contribution in [1.82, 2.24) is 0 Å². The summed E-state index contributed by atoms with van der Waals surface area (Å²) in [5, 5.41) is 0.0314. The average molecular weight is 350 g/mol. The molecule has 0 radical (unpaired) electrons. The third kappa shape index (κ3) is 4.46. The highest BCUT2D eigenvalue weighted by Gasteiger charge is 2.24. The van der Waals surface area contributed by atoms with Crippen molar-refractivity contribution >= 4 is 12.9 Å². The lowest BCUT2D eigenvalue weighted by molar-refractivity contribution is 0.146. The Morgan fingerprint density at radius 2 is 1.42 bits per heavy atom. The van der Waals surface area contributed by atoms with Crippen molar-refractivity contribution in [3.8, 4) is 5.75 Å². The van der Waals surface area contributed by atoms with Crippen LogP contribution in [0.15, 0.2) is 48.5 Å². The minimum absolute atomic E-state index is 0.0314. The molecule has 0 spiro atoms. The maximum Gasteiger partial charge on any atom is 0.356 e. The Labute approximate surface area is 142 Å². The van der Waals surface area contributed by atoms with Gasteiger partial charge in [0, 0.05) is 12.5 Å². The smallest absolute Gasteiger partial charge is 0.356 e. The maximum atomic E-state index is 11.3. The molecule has 0 bridgehead atoms. The van der Waals surface area contributed by atoms with Crippen LogP contribution in [0.1, 0.15) is 25.0 Å². The normalized spacial score (nSPS) is 12.2. The Hall–Kier alpha value is -1.65. The van der Waals surface area contributed by atoms with Crippen LogP contribution in [0.2, 0.25) is 0 Å². The first kappa shape index (κ1) is 18.7. The van der Waals surface area contributed by atoms with Crippen molar-refractivity contribution < 1.29 is 23.8 Å². The Kier molecular flexibility index (Phi) is 5.83. The second kappa shape index (κ2) is 7.49. The van der Waals surface area contributed by atoms with E-state index in [1.807, 2.05) is 24.3 Å². The minimum atomic E-state index is -4.21. The monoisotopic (exact) mass is 350 g/mol. The van der Waals surface area contributed by atoms with Crippen LogP contribution < -0.4 is 10.0 Å². The highest BCUT2D eigenvalue weighted by molar-refractivity contribution is 7.60. The molecule has 0 aromatic heterocycles. The highest BCUT2D eigenvalue weighted by atomic mass is 31.2. The van der Waals surface area contributed by atoms with E-state index in [4.69, 9.17) is 9.47 Å². The van der Waals surface area contributed by atoms with E-state index in [2.05, 4.69) is 13.8 Å². The molecule has 0 saturated heterocycles. The number of benzene rings is 2. The van der Waals surface area contributed by atoms with Crippen molar-refractivity contribution in [2.24, 2.45) is 0 Å². The largest absolute Gasteiger partial charge is 0.491 e. The van der Waals surface area contributed by atoms with Gasteiger partial charge < -0.3 is 19.3 Å². The van der Waals surface area contributed by atoms with E-state index in [9.17, 15) is 14.4 Å². The molecule has 6 heteroatoms. The standard InChI is InChI=1S/C18H23O5P/c1-18(2,15-6-10-17(11-7-15)24(19,20)21)14-4-8-16(9-5-14)23-13-12-22-3/h4-11H,12-13H2,1-3H3,(H2,19,20,21). The Bertz CT molecular complexity index is 701. The van der Waals surface area contributed by atoms with E-state index in [1.54, 1.807) is 19.2 Å². The second-order valence-electron chi connectivity index (χ2n) is 6.08. The summed E-state index contributed by atoms with van der Waals surface area (Å²) < 4.78 is 21.8. The van der Waals surface area contributed by atoms with E-state index in [0.717, 1.165) is 16.9 Å². The SMILES string of the molecule is COCCOc1ccc(C(C)(C)c2ccc(P(=O)(O)O)cc2)cc1. The first-order valence-corrected chi connectivity index (χ1v) is 9.25. The molecule has 0 aliphatic carbocycles. The topological polar surface area (TPSA) is 76.0 Å². The molecule has 0 saturated carbocycles. The van der Waals surface area contributed by atoms with Gasteiger partial charge in [-0.15, -0.1) is 0 Å². The lowest BCUT2D eigenvalue weighted by Crippen LogP contribution is -2.19. The van der Waals surface area contributed by atoms with Gasteiger partial charge in [0.05, 0.1) is 11.9 Å². The summed E-state index contributed by atoms with van der Waals surface area (Å²) in [6.45, 7) is 5.18. The maximum absolute atomic E-state index is 11.3. The number of hydrogen-bond donors (Lipinski definition) is 2. The fraction of sp³-hybridized carbons (Fsp3) is 0.333. The number of methoxy groups -OCH3 is 1. The zero-order valence-electron chi connectivity index (χ0n) is 14.1. The van der Waals surface area contributed by atoms with Gasteiger partial charge in [-0.1, -0.05) is 38.1 Å². The number of ether oxygens (including phenoxy) is 2. The van der Waals surface area contributed by atoms with Crippen LogP contribution in [0, 0.1) is 0 Å². The molecule has 0 heterocycles. The first-order valence-electron chi connectivity index (χ1n) is 7.64. The Balaban J connectivity index is 2.18. The van der Waals surface area contributed by atoms with Crippen LogP contribution in [0.3, 0.4) is 0 Å². The molecule has 0 fully saturated rings. The van der Waals surface area contributed by atoms with Crippen molar-refractivity contribution in [3.63, 3.8) is 0 Å². The third-order valence-corrected chi connectivity index (χ3v) is 5.03. The van der Waals surface area contributed by atoms with Gasteiger partial charge in [0.25, 0.3) is 0 Å². The van der Waals surface area contributed by atoms with Crippen molar-refractivity contribution in [1.29, 1.82) is 0 Å². The van der Waals surface area contributed by atoms with Crippen molar-refractivity contribution in [2.75, 3.05) is 20.3 Å². The summed E-state index contributed by atoms with van der Waals surface area (Å²) in [6.07, 6.45) is 0. The Morgan fingerprint density at radius 1 is 0.917 bits per heavy atom. The molecule has 2 N–H and O–H groups in total. The lowest BCUT2D eigenvalue weighted by atomic mass is 9.78. The van der Waals surface area contributed by atoms with Gasteiger partial charge in [0.15, 0.2) is 0 Å². The van der Waals surface area contributed by atoms with Crippen molar-refractivity contribution in [3.05, 3.63) is 59.7 Å². The molecule has 130 valence electrons. The van der Waals surface area contributed by atoms with Crippen LogP contribution in [0.25, 0.3) is 0 Å². The van der Waals surface area contributed by atoms with Crippen LogP contribution in [0.5, 0.6) is 5.75 Å². The summed E-state index contributed by atoms with van der Waals surface area (Å²) in [5.74, 6) is 0.781. The Morgan fingerprint density at radius 3 is 1.88 bits per heavy atom. The van der Waals surface area contributed by atoms with Crippen LogP contribution in [-0.2, 0) is 14.7 Å². The van der Waals surface area contributed by atoms with Gasteiger partial charge >= 0.3 is 7.60 Å². The predicted molar refractivity (Wildman–Crippen MR) is 94.1 cm³/mol. The molecule has 0 aliphatic heterocycles. The zero-order valence-corrected chi connectivity index (χ0v) is 15.0. The van der Waals surface area contributed by atoms with Gasteiger partial charge in [-0.25, -0.2) is 0 Å². The van der Waals surface area contributed by atoms with E-state index >= 15 is 0 Å². The van der Waals surface area contributed by atoms with Crippen LogP contribution >= 0.6 is 7.60 Å². The van der Waals surface area contributed by atoms with Crippen LogP contribution in [-0.4, -0.2) is 30.1 Å². The van der Waals surface area contributed by atoms with Gasteiger partial charge in [-0.2, -0.15) is 0 Å². The zero-order chi connectivity index (χ0) is 17.8. The van der Waals surface area contributed by atoms with E-state index in [1.165, 1.54) is 12.1 Å². The molecular formula is C18H23O5P. The summed E-state index contributed by atoms with van der Waals surface area (Å²) in [7, 11) is -2.58. The molecule has 0 atom stereocenters. The number of hydrogen-bond acceptors (Lipinski definition) is 3. The van der Waals surface area contributed by atoms with Gasteiger partial charge in [0.2, 0.25) is 0 Å². The van der Waals surface area contributed by atoms with E-state index < -0.39 is 7.60 Å². The van der Waals surface area contributed by atoms with Gasteiger partial charge in [0.1, 0.15) is 12.4 Å². The van der Waals surface area contributed by atoms with Gasteiger partial charge in [-0.05, 0) is 35.4 Å². The lowest BCUT2D eigenvalue weighted by Gasteiger charge is -2.26. The molecule has 0 amide bonds. The summed E-state index contributed by atoms with van der Waals surface area (Å²) in [6, 6.07) is 14.3. The summed E-state index contributed by atoms with van der Waals surface area (Å²) >= 11 is 0. The molecule has 5 nitrogen and oxygen atoms in total. The first-order chi connectivity index (χ1) is 11.2. The average Bonchev–Trinajstić information content (AvgIpc) is 2.55. The fourth-order valence-corrected chi connectivity index (χ4v) is 2.99. The number of rotatable bonds is 7. The highest BCUT2D eigenvalue weighted by Crippen LogP contribution is 2.36. The molecule has 2 aromatic carbocycles. The molecule has 0 aliphatic rings. The molecule has 2 aromatic rings. The molecule has 0 unspecified atom stereocenters.